The monoisotopic (exact) mass is 355 g/mol. The fourth-order valence-corrected chi connectivity index (χ4v) is 3.34. The van der Waals surface area contributed by atoms with E-state index in [-0.39, 0.29) is 17.1 Å². The number of imidazole rings is 2. The van der Waals surface area contributed by atoms with E-state index in [0.29, 0.717) is 29.9 Å². The van der Waals surface area contributed by atoms with Crippen LogP contribution in [0.25, 0.3) is 22.6 Å². The van der Waals surface area contributed by atoms with Gasteiger partial charge in [-0.25, -0.2) is 9.18 Å². The highest BCUT2D eigenvalue weighted by Gasteiger charge is 2.20. The average Bonchev–Trinajstić information content (AvgIpc) is 3.12. The van der Waals surface area contributed by atoms with Crippen molar-refractivity contribution < 1.29 is 4.39 Å². The van der Waals surface area contributed by atoms with Gasteiger partial charge in [-0.2, -0.15) is 4.98 Å². The van der Waals surface area contributed by atoms with Crippen LogP contribution >= 0.6 is 0 Å². The summed E-state index contributed by atoms with van der Waals surface area (Å²) in [6, 6.07) is 6.04. The molecule has 0 aliphatic carbocycles. The van der Waals surface area contributed by atoms with Gasteiger partial charge in [0.05, 0.1) is 0 Å². The average molecular weight is 355 g/mol. The molecule has 0 amide bonds. The van der Waals surface area contributed by atoms with Crippen molar-refractivity contribution in [3.8, 4) is 5.69 Å². The van der Waals surface area contributed by atoms with Crippen molar-refractivity contribution in [1.82, 2.24) is 23.1 Å². The first kappa shape index (κ1) is 16.3. The maximum atomic E-state index is 13.3. The number of nitrogens with zero attached hydrogens (tertiary/aromatic N) is 5. The number of halogens is 1. The Morgan fingerprint density at radius 2 is 1.85 bits per heavy atom. The quantitative estimate of drug-likeness (QED) is 0.565. The molecule has 4 aromatic rings. The number of fused-ring (bicyclic) bond motifs is 3. The van der Waals surface area contributed by atoms with Crippen LogP contribution in [0.4, 0.5) is 4.39 Å². The van der Waals surface area contributed by atoms with E-state index < -0.39 is 0 Å². The first-order valence-electron chi connectivity index (χ1n) is 8.40. The Kier molecular flexibility index (Phi) is 3.57. The number of benzene rings is 1. The van der Waals surface area contributed by atoms with E-state index in [4.69, 9.17) is 0 Å². The highest BCUT2D eigenvalue weighted by molar-refractivity contribution is 5.76. The van der Waals surface area contributed by atoms with E-state index in [2.05, 4.69) is 4.98 Å². The summed E-state index contributed by atoms with van der Waals surface area (Å²) in [5.41, 5.74) is 1.53. The summed E-state index contributed by atoms with van der Waals surface area (Å²) in [6.07, 6.45) is 2.48. The molecule has 0 saturated heterocycles. The van der Waals surface area contributed by atoms with E-state index >= 15 is 0 Å². The number of aryl methyl sites for hydroxylation is 2. The molecule has 0 N–H and O–H groups in total. The molecule has 0 atom stereocenters. The second kappa shape index (κ2) is 5.69. The van der Waals surface area contributed by atoms with Crippen molar-refractivity contribution in [2.45, 2.75) is 26.8 Å². The first-order valence-corrected chi connectivity index (χ1v) is 8.40. The van der Waals surface area contributed by atoms with Crippen molar-refractivity contribution in [3.05, 3.63) is 62.8 Å². The zero-order valence-electron chi connectivity index (χ0n) is 14.7. The molecule has 0 saturated carbocycles. The minimum Gasteiger partial charge on any atom is -0.283 e. The van der Waals surface area contributed by atoms with Crippen LogP contribution in [0.15, 0.2) is 40.1 Å². The Balaban J connectivity index is 2.13. The lowest BCUT2D eigenvalue weighted by atomic mass is 10.3. The molecule has 3 aromatic heterocycles. The van der Waals surface area contributed by atoms with E-state index in [1.165, 1.54) is 21.3 Å². The standard InChI is InChI=1S/C18H18FN5O2/c1-4-9-22-16(25)14-15(21(3)18(22)26)20-17-23(14)10-11(2)24(17)13-7-5-12(19)6-8-13/h5-8,10H,4,9H2,1-3H3. The largest absolute Gasteiger partial charge is 0.332 e. The van der Waals surface area contributed by atoms with Crippen molar-refractivity contribution in [1.29, 1.82) is 0 Å². The smallest absolute Gasteiger partial charge is 0.283 e. The molecule has 0 aliphatic rings. The maximum Gasteiger partial charge on any atom is 0.332 e. The summed E-state index contributed by atoms with van der Waals surface area (Å²) in [5, 5.41) is 0. The molecule has 0 unspecified atom stereocenters. The molecule has 0 spiro atoms. The number of aromatic nitrogens is 5. The molecule has 0 fully saturated rings. The van der Waals surface area contributed by atoms with Gasteiger partial charge < -0.3 is 0 Å². The Labute approximate surface area is 147 Å². The van der Waals surface area contributed by atoms with Crippen LogP contribution in [-0.2, 0) is 13.6 Å². The zero-order chi connectivity index (χ0) is 18.6. The van der Waals surface area contributed by atoms with Crippen LogP contribution in [-0.4, -0.2) is 23.1 Å². The predicted molar refractivity (Wildman–Crippen MR) is 96.5 cm³/mol. The van der Waals surface area contributed by atoms with Gasteiger partial charge in [-0.15, -0.1) is 0 Å². The summed E-state index contributed by atoms with van der Waals surface area (Å²) >= 11 is 0. The maximum absolute atomic E-state index is 13.3. The van der Waals surface area contributed by atoms with Gasteiger partial charge in [0.25, 0.3) is 5.56 Å². The van der Waals surface area contributed by atoms with Gasteiger partial charge in [-0.1, -0.05) is 6.92 Å². The van der Waals surface area contributed by atoms with Crippen LogP contribution in [0.3, 0.4) is 0 Å². The van der Waals surface area contributed by atoms with Crippen molar-refractivity contribution in [2.24, 2.45) is 7.05 Å². The number of hydrogen-bond acceptors (Lipinski definition) is 3. The summed E-state index contributed by atoms with van der Waals surface area (Å²) < 4.78 is 19.4. The van der Waals surface area contributed by atoms with Gasteiger partial charge in [-0.3, -0.25) is 22.9 Å². The second-order valence-electron chi connectivity index (χ2n) is 6.33. The molecule has 0 bridgehead atoms. The first-order chi connectivity index (χ1) is 12.4. The van der Waals surface area contributed by atoms with Crippen molar-refractivity contribution in [2.75, 3.05) is 0 Å². The van der Waals surface area contributed by atoms with E-state index in [1.54, 1.807) is 29.8 Å². The normalized spacial score (nSPS) is 11.7. The topological polar surface area (TPSA) is 66.2 Å². The number of hydrogen-bond donors (Lipinski definition) is 0. The van der Waals surface area contributed by atoms with Crippen LogP contribution < -0.4 is 11.2 Å². The molecular weight excluding hydrogens is 337 g/mol. The number of rotatable bonds is 3. The Morgan fingerprint density at radius 3 is 2.50 bits per heavy atom. The molecular formula is C18H18FN5O2. The summed E-state index contributed by atoms with van der Waals surface area (Å²) in [6.45, 7) is 4.15. The molecule has 26 heavy (non-hydrogen) atoms. The van der Waals surface area contributed by atoms with Gasteiger partial charge in [-0.05, 0) is 37.6 Å². The van der Waals surface area contributed by atoms with Gasteiger partial charge in [0.1, 0.15) is 5.82 Å². The SMILES string of the molecule is CCCn1c(=O)c2c(nc3n(-c4ccc(F)cc4)c(C)cn23)n(C)c1=O. The Morgan fingerprint density at radius 1 is 1.15 bits per heavy atom. The third-order valence-electron chi connectivity index (χ3n) is 4.56. The second-order valence-corrected chi connectivity index (χ2v) is 6.33. The van der Waals surface area contributed by atoms with E-state index in [0.717, 1.165) is 11.4 Å². The fraction of sp³-hybridized carbons (Fsp3) is 0.278. The van der Waals surface area contributed by atoms with Gasteiger partial charge >= 0.3 is 5.69 Å². The van der Waals surface area contributed by atoms with E-state index in [9.17, 15) is 14.0 Å². The lowest BCUT2D eigenvalue weighted by molar-refractivity contribution is 0.592. The molecule has 7 nitrogen and oxygen atoms in total. The molecule has 4 rings (SSSR count). The Bertz CT molecular complexity index is 1260. The molecule has 3 heterocycles. The van der Waals surface area contributed by atoms with Crippen LogP contribution in [0.2, 0.25) is 0 Å². The van der Waals surface area contributed by atoms with E-state index in [1.807, 2.05) is 18.4 Å². The van der Waals surface area contributed by atoms with Crippen LogP contribution in [0.1, 0.15) is 19.0 Å². The summed E-state index contributed by atoms with van der Waals surface area (Å²) in [4.78, 5) is 29.9. The third kappa shape index (κ3) is 2.15. The van der Waals surface area contributed by atoms with Crippen molar-refractivity contribution in [3.63, 3.8) is 0 Å². The highest BCUT2D eigenvalue weighted by Crippen LogP contribution is 2.21. The lowest BCUT2D eigenvalue weighted by Gasteiger charge is -2.06. The minimum atomic E-state index is -0.379. The third-order valence-corrected chi connectivity index (χ3v) is 4.56. The van der Waals surface area contributed by atoms with Gasteiger partial charge in [0.15, 0.2) is 11.2 Å². The molecule has 0 radical (unpaired) electrons. The molecule has 1 aromatic carbocycles. The summed E-state index contributed by atoms with van der Waals surface area (Å²) in [7, 11) is 1.61. The van der Waals surface area contributed by atoms with Gasteiger partial charge in [0.2, 0.25) is 5.78 Å². The summed E-state index contributed by atoms with van der Waals surface area (Å²) in [5.74, 6) is 0.179. The van der Waals surface area contributed by atoms with Gasteiger partial charge in [0, 0.05) is 31.2 Å². The predicted octanol–water partition coefficient (Wildman–Crippen LogP) is 2.00. The molecule has 8 heteroatoms. The Hall–Kier alpha value is -3.16. The lowest BCUT2D eigenvalue weighted by Crippen LogP contribution is -2.39. The fourth-order valence-electron chi connectivity index (χ4n) is 3.34. The van der Waals surface area contributed by atoms with Crippen LogP contribution in [0.5, 0.6) is 0 Å². The molecule has 0 aliphatic heterocycles. The minimum absolute atomic E-state index is 0.326. The van der Waals surface area contributed by atoms with Crippen LogP contribution in [0, 0.1) is 12.7 Å². The highest BCUT2D eigenvalue weighted by atomic mass is 19.1. The van der Waals surface area contributed by atoms with Crippen molar-refractivity contribution >= 4 is 16.9 Å². The molecule has 134 valence electrons. The zero-order valence-corrected chi connectivity index (χ0v) is 14.7.